The van der Waals surface area contributed by atoms with Gasteiger partial charge in [0, 0.05) is 0 Å². The standard InChI is InChI=1S/C29H58O2/c1-5-6-7-8-9-10-11-12-13-14-15-16-17-18-19-20-21-22-23-26(2)24-27(3)25-28(4)29(30)31/h26-28H,5-25H2,1-4H3,(H,30,31). The van der Waals surface area contributed by atoms with Crippen LogP contribution in [0.5, 0.6) is 0 Å². The lowest BCUT2D eigenvalue weighted by atomic mass is 9.87. The van der Waals surface area contributed by atoms with Gasteiger partial charge in [0.05, 0.1) is 5.92 Å². The molecule has 0 rings (SSSR count). The third kappa shape index (κ3) is 22.5. The summed E-state index contributed by atoms with van der Waals surface area (Å²) in [6, 6.07) is 0. The number of hydrogen-bond acceptors (Lipinski definition) is 1. The van der Waals surface area contributed by atoms with Crippen LogP contribution in [-0.4, -0.2) is 11.1 Å². The summed E-state index contributed by atoms with van der Waals surface area (Å²) >= 11 is 0. The SMILES string of the molecule is CCCCCCCCCCCCCCCCCCCCC(C)CC(C)CC(C)C(=O)O. The van der Waals surface area contributed by atoms with Crippen molar-refractivity contribution < 1.29 is 9.90 Å². The van der Waals surface area contributed by atoms with E-state index in [0.29, 0.717) is 5.92 Å². The molecule has 0 spiro atoms. The predicted molar refractivity (Wildman–Crippen MR) is 138 cm³/mol. The molecule has 0 aromatic carbocycles. The number of hydrogen-bond donors (Lipinski definition) is 1. The number of carboxylic acids is 1. The van der Waals surface area contributed by atoms with Gasteiger partial charge in [-0.15, -0.1) is 0 Å². The van der Waals surface area contributed by atoms with E-state index in [1.54, 1.807) is 0 Å². The monoisotopic (exact) mass is 438 g/mol. The highest BCUT2D eigenvalue weighted by atomic mass is 16.4. The average Bonchev–Trinajstić information content (AvgIpc) is 2.72. The Morgan fingerprint density at radius 2 is 0.903 bits per heavy atom. The molecule has 0 saturated carbocycles. The van der Waals surface area contributed by atoms with Crippen LogP contribution in [-0.2, 0) is 4.79 Å². The molecule has 3 atom stereocenters. The van der Waals surface area contributed by atoms with Crippen molar-refractivity contribution in [3.8, 4) is 0 Å². The second kappa shape index (κ2) is 22.7. The van der Waals surface area contributed by atoms with Gasteiger partial charge in [-0.25, -0.2) is 0 Å². The fraction of sp³-hybridized carbons (Fsp3) is 0.966. The van der Waals surface area contributed by atoms with Crippen LogP contribution in [0.3, 0.4) is 0 Å². The van der Waals surface area contributed by atoms with Crippen molar-refractivity contribution in [2.75, 3.05) is 0 Å². The van der Waals surface area contributed by atoms with Crippen LogP contribution in [0.25, 0.3) is 0 Å². The van der Waals surface area contributed by atoms with Gasteiger partial charge in [0.15, 0.2) is 0 Å². The van der Waals surface area contributed by atoms with E-state index in [1.165, 1.54) is 128 Å². The number of unbranched alkanes of at least 4 members (excludes halogenated alkanes) is 17. The summed E-state index contributed by atoms with van der Waals surface area (Å²) in [6.07, 6.45) is 29.1. The minimum Gasteiger partial charge on any atom is -0.481 e. The highest BCUT2D eigenvalue weighted by Gasteiger charge is 2.16. The third-order valence-corrected chi connectivity index (χ3v) is 7.03. The Hall–Kier alpha value is -0.530. The summed E-state index contributed by atoms with van der Waals surface area (Å²) in [5.41, 5.74) is 0. The van der Waals surface area contributed by atoms with E-state index in [-0.39, 0.29) is 5.92 Å². The van der Waals surface area contributed by atoms with Crippen molar-refractivity contribution in [1.29, 1.82) is 0 Å². The minimum absolute atomic E-state index is 0.202. The van der Waals surface area contributed by atoms with Crippen molar-refractivity contribution in [1.82, 2.24) is 0 Å². The van der Waals surface area contributed by atoms with Gasteiger partial charge in [-0.1, -0.05) is 150 Å². The molecule has 0 aromatic rings. The maximum atomic E-state index is 11.0. The molecule has 0 aliphatic rings. The summed E-state index contributed by atoms with van der Waals surface area (Å²) < 4.78 is 0. The van der Waals surface area contributed by atoms with E-state index in [2.05, 4.69) is 20.8 Å². The van der Waals surface area contributed by atoms with Crippen LogP contribution < -0.4 is 0 Å². The molecule has 31 heavy (non-hydrogen) atoms. The zero-order valence-electron chi connectivity index (χ0n) is 21.9. The lowest BCUT2D eigenvalue weighted by molar-refractivity contribution is -0.141. The quantitative estimate of drug-likeness (QED) is 0.152. The Morgan fingerprint density at radius 3 is 1.26 bits per heavy atom. The van der Waals surface area contributed by atoms with Gasteiger partial charge in [-0.05, 0) is 24.7 Å². The topological polar surface area (TPSA) is 37.3 Å². The molecule has 0 aromatic heterocycles. The maximum Gasteiger partial charge on any atom is 0.306 e. The van der Waals surface area contributed by atoms with Gasteiger partial charge in [-0.2, -0.15) is 0 Å². The Bertz CT molecular complexity index is 379. The molecule has 0 fully saturated rings. The van der Waals surface area contributed by atoms with E-state index in [0.717, 1.165) is 12.3 Å². The largest absolute Gasteiger partial charge is 0.481 e. The highest BCUT2D eigenvalue weighted by Crippen LogP contribution is 2.24. The Kier molecular flexibility index (Phi) is 22.3. The minimum atomic E-state index is -0.650. The zero-order valence-corrected chi connectivity index (χ0v) is 21.9. The van der Waals surface area contributed by atoms with Crippen molar-refractivity contribution in [3.63, 3.8) is 0 Å². The molecule has 2 heteroatoms. The van der Waals surface area contributed by atoms with Gasteiger partial charge >= 0.3 is 5.97 Å². The summed E-state index contributed by atoms with van der Waals surface area (Å²) in [7, 11) is 0. The molecule has 0 radical (unpaired) electrons. The molecule has 0 aliphatic carbocycles. The van der Waals surface area contributed by atoms with Gasteiger partial charge < -0.3 is 5.11 Å². The van der Waals surface area contributed by atoms with Crippen molar-refractivity contribution >= 4 is 5.97 Å². The summed E-state index contributed by atoms with van der Waals surface area (Å²) in [6.45, 7) is 8.68. The van der Waals surface area contributed by atoms with Crippen LogP contribution in [0.1, 0.15) is 163 Å². The molecule has 3 unspecified atom stereocenters. The second-order valence-electron chi connectivity index (χ2n) is 10.7. The Morgan fingerprint density at radius 1 is 0.548 bits per heavy atom. The first-order valence-corrected chi connectivity index (χ1v) is 14.2. The summed E-state index contributed by atoms with van der Waals surface area (Å²) in [4.78, 5) is 11.0. The lowest BCUT2D eigenvalue weighted by Crippen LogP contribution is -2.14. The number of carbonyl (C=O) groups is 1. The first-order chi connectivity index (χ1) is 15.0. The Balaban J connectivity index is 3.26. The smallest absolute Gasteiger partial charge is 0.306 e. The third-order valence-electron chi connectivity index (χ3n) is 7.03. The van der Waals surface area contributed by atoms with Crippen LogP contribution in [0, 0.1) is 17.8 Å². The van der Waals surface area contributed by atoms with Gasteiger partial charge in [0.1, 0.15) is 0 Å². The molecule has 1 N–H and O–H groups in total. The Labute approximate surface area is 196 Å². The van der Waals surface area contributed by atoms with Gasteiger partial charge in [0.25, 0.3) is 0 Å². The second-order valence-corrected chi connectivity index (χ2v) is 10.7. The van der Waals surface area contributed by atoms with E-state index in [9.17, 15) is 4.79 Å². The van der Waals surface area contributed by atoms with Crippen molar-refractivity contribution in [2.45, 2.75) is 163 Å². The number of carboxylic acid groups (broad SMARTS) is 1. The summed E-state index contributed by atoms with van der Waals surface area (Å²) in [5, 5.41) is 9.04. The average molecular weight is 439 g/mol. The molecule has 0 bridgehead atoms. The molecular formula is C29H58O2. The van der Waals surface area contributed by atoms with E-state index >= 15 is 0 Å². The molecule has 0 heterocycles. The van der Waals surface area contributed by atoms with Gasteiger partial charge in [-0.3, -0.25) is 4.79 Å². The fourth-order valence-electron chi connectivity index (χ4n) is 5.00. The molecule has 0 saturated heterocycles. The van der Waals surface area contributed by atoms with Crippen LogP contribution in [0.4, 0.5) is 0 Å². The number of aliphatic carboxylic acids is 1. The van der Waals surface area contributed by atoms with Crippen LogP contribution >= 0.6 is 0 Å². The fourth-order valence-corrected chi connectivity index (χ4v) is 5.00. The molecule has 2 nitrogen and oxygen atoms in total. The van der Waals surface area contributed by atoms with E-state index in [1.807, 2.05) is 6.92 Å². The van der Waals surface area contributed by atoms with Crippen molar-refractivity contribution in [3.05, 3.63) is 0 Å². The lowest BCUT2D eigenvalue weighted by Gasteiger charge is -2.19. The molecule has 0 amide bonds. The molecule has 186 valence electrons. The molecular weight excluding hydrogens is 380 g/mol. The van der Waals surface area contributed by atoms with E-state index in [4.69, 9.17) is 5.11 Å². The first-order valence-electron chi connectivity index (χ1n) is 14.2. The predicted octanol–water partition coefficient (Wildman–Crippen LogP) is 10.2. The van der Waals surface area contributed by atoms with Crippen LogP contribution in [0.15, 0.2) is 0 Å². The van der Waals surface area contributed by atoms with E-state index < -0.39 is 5.97 Å². The summed E-state index contributed by atoms with van der Waals surface area (Å²) in [5.74, 6) is 0.406. The normalized spacial score (nSPS) is 14.5. The molecule has 0 aliphatic heterocycles. The van der Waals surface area contributed by atoms with Gasteiger partial charge in [0.2, 0.25) is 0 Å². The van der Waals surface area contributed by atoms with Crippen molar-refractivity contribution in [2.24, 2.45) is 17.8 Å². The zero-order chi connectivity index (χ0) is 23.2. The maximum absolute atomic E-state index is 11.0. The highest BCUT2D eigenvalue weighted by molar-refractivity contribution is 5.69. The number of rotatable bonds is 24. The first kappa shape index (κ1) is 30.5. The van der Waals surface area contributed by atoms with Crippen LogP contribution in [0.2, 0.25) is 0 Å².